The van der Waals surface area contributed by atoms with E-state index in [0.29, 0.717) is 10.6 Å². The van der Waals surface area contributed by atoms with Crippen molar-refractivity contribution in [2.24, 2.45) is 0 Å². The molecule has 8 heteroatoms. The lowest BCUT2D eigenvalue weighted by Gasteiger charge is -2.33. The first kappa shape index (κ1) is 18.3. The maximum absolute atomic E-state index is 13.1. The average molecular weight is 384 g/mol. The highest BCUT2D eigenvalue weighted by Crippen LogP contribution is 2.36. The molecule has 0 radical (unpaired) electrons. The molecule has 0 saturated heterocycles. The van der Waals surface area contributed by atoms with Gasteiger partial charge in [0.25, 0.3) is 5.91 Å². The Balaban J connectivity index is 1.91. The molecule has 3 rings (SSSR count). The smallest absolute Gasteiger partial charge is 0.418 e. The Hall–Kier alpha value is -2.54. The van der Waals surface area contributed by atoms with Crippen LogP contribution < -0.4 is 5.32 Å². The number of nitrogens with one attached hydrogen (secondary N) is 1. The number of benzene rings is 2. The van der Waals surface area contributed by atoms with E-state index >= 15 is 0 Å². The van der Waals surface area contributed by atoms with Crippen molar-refractivity contribution in [3.05, 3.63) is 64.2 Å². The predicted molar refractivity (Wildman–Crippen MR) is 89.1 cm³/mol. The third kappa shape index (κ3) is 3.39. The number of cyclic esters (lactones) is 1. The molecule has 0 fully saturated rings. The molecule has 136 valence electrons. The monoisotopic (exact) mass is 383 g/mol. The standard InChI is InChI=1S/C18H13ClF3NO3/c1-17(9-10-8-11(19)6-7-12(10)15(24)26-17)16(25)23-14-5-3-2-4-13(14)18(20,21)22/h2-8H,9H2,1H3,(H,23,25). The van der Waals surface area contributed by atoms with Gasteiger partial charge in [-0.05, 0) is 42.8 Å². The van der Waals surface area contributed by atoms with Crippen molar-refractivity contribution in [1.82, 2.24) is 0 Å². The summed E-state index contributed by atoms with van der Waals surface area (Å²) in [5, 5.41) is 2.60. The van der Waals surface area contributed by atoms with Gasteiger partial charge in [0.15, 0.2) is 5.60 Å². The van der Waals surface area contributed by atoms with Crippen molar-refractivity contribution in [1.29, 1.82) is 0 Å². The molecule has 1 amide bonds. The van der Waals surface area contributed by atoms with Gasteiger partial charge in [0.2, 0.25) is 0 Å². The van der Waals surface area contributed by atoms with Gasteiger partial charge >= 0.3 is 12.1 Å². The Bertz CT molecular complexity index is 897. The van der Waals surface area contributed by atoms with Gasteiger partial charge < -0.3 is 10.1 Å². The predicted octanol–water partition coefficient (Wildman–Crippen LogP) is 4.47. The number of carbonyl (C=O) groups is 2. The number of esters is 1. The van der Waals surface area contributed by atoms with Crippen LogP contribution in [0.25, 0.3) is 0 Å². The van der Waals surface area contributed by atoms with Crippen molar-refractivity contribution in [2.75, 3.05) is 5.32 Å². The number of carbonyl (C=O) groups excluding carboxylic acids is 2. The number of para-hydroxylation sites is 1. The molecular formula is C18H13ClF3NO3. The van der Waals surface area contributed by atoms with Gasteiger partial charge in [0.1, 0.15) is 0 Å². The van der Waals surface area contributed by atoms with E-state index in [1.165, 1.54) is 37.3 Å². The molecule has 0 spiro atoms. The maximum atomic E-state index is 13.1. The molecule has 1 aliphatic rings. The summed E-state index contributed by atoms with van der Waals surface area (Å²) in [5.74, 6) is -1.59. The second kappa shape index (κ2) is 6.32. The van der Waals surface area contributed by atoms with Crippen LogP contribution in [0.4, 0.5) is 18.9 Å². The number of hydrogen-bond donors (Lipinski definition) is 1. The van der Waals surface area contributed by atoms with Crippen LogP contribution in [0.3, 0.4) is 0 Å². The Morgan fingerprint density at radius 2 is 1.92 bits per heavy atom. The molecule has 1 aliphatic heterocycles. The number of anilines is 1. The number of halogens is 4. The first-order valence-electron chi connectivity index (χ1n) is 7.59. The second-order valence-electron chi connectivity index (χ2n) is 6.10. The van der Waals surface area contributed by atoms with Crippen molar-refractivity contribution < 1.29 is 27.5 Å². The minimum atomic E-state index is -4.63. The maximum Gasteiger partial charge on any atom is 0.418 e. The van der Waals surface area contributed by atoms with Crippen LogP contribution in [-0.4, -0.2) is 17.5 Å². The van der Waals surface area contributed by atoms with Crippen LogP contribution >= 0.6 is 11.6 Å². The fourth-order valence-electron chi connectivity index (χ4n) is 2.79. The molecule has 1 N–H and O–H groups in total. The minimum absolute atomic E-state index is 0.00531. The van der Waals surface area contributed by atoms with Crippen molar-refractivity contribution >= 4 is 29.2 Å². The van der Waals surface area contributed by atoms with Gasteiger partial charge in [-0.2, -0.15) is 13.2 Å². The van der Waals surface area contributed by atoms with Crippen molar-refractivity contribution in [3.8, 4) is 0 Å². The van der Waals surface area contributed by atoms with E-state index in [9.17, 15) is 22.8 Å². The summed E-state index contributed by atoms with van der Waals surface area (Å²) in [6.07, 6.45) is -4.64. The summed E-state index contributed by atoms with van der Waals surface area (Å²) in [6.45, 7) is 1.35. The SMILES string of the molecule is CC1(C(=O)Nc2ccccc2C(F)(F)F)Cc2cc(Cl)ccc2C(=O)O1. The first-order valence-corrected chi connectivity index (χ1v) is 7.97. The van der Waals surface area contributed by atoms with Crippen LogP contribution in [0.2, 0.25) is 5.02 Å². The van der Waals surface area contributed by atoms with Crippen LogP contribution in [0, 0.1) is 0 Å². The van der Waals surface area contributed by atoms with Gasteiger partial charge in [-0.15, -0.1) is 0 Å². The summed E-state index contributed by atoms with van der Waals surface area (Å²) in [7, 11) is 0. The molecule has 1 heterocycles. The summed E-state index contributed by atoms with van der Waals surface area (Å²) >= 11 is 5.92. The number of alkyl halides is 3. The fraction of sp³-hybridized carbons (Fsp3) is 0.222. The molecule has 0 aliphatic carbocycles. The van der Waals surface area contributed by atoms with Gasteiger partial charge in [-0.3, -0.25) is 4.79 Å². The lowest BCUT2D eigenvalue weighted by Crippen LogP contribution is -2.49. The first-order chi connectivity index (χ1) is 12.1. The number of fused-ring (bicyclic) bond motifs is 1. The van der Waals surface area contributed by atoms with E-state index in [4.69, 9.17) is 16.3 Å². The van der Waals surface area contributed by atoms with Gasteiger partial charge in [-0.25, -0.2) is 4.79 Å². The third-order valence-electron chi connectivity index (χ3n) is 4.09. The van der Waals surface area contributed by atoms with Crippen LogP contribution in [0.5, 0.6) is 0 Å². The Morgan fingerprint density at radius 1 is 1.23 bits per heavy atom. The highest BCUT2D eigenvalue weighted by atomic mass is 35.5. The molecule has 2 aromatic rings. The molecule has 2 aromatic carbocycles. The summed E-state index contributed by atoms with van der Waals surface area (Å²) in [6, 6.07) is 9.13. The largest absolute Gasteiger partial charge is 0.445 e. The van der Waals surface area contributed by atoms with E-state index < -0.39 is 34.9 Å². The molecule has 1 atom stereocenters. The summed E-state index contributed by atoms with van der Waals surface area (Å²) in [4.78, 5) is 24.8. The average Bonchev–Trinajstić information content (AvgIpc) is 2.53. The number of hydrogen-bond acceptors (Lipinski definition) is 3. The zero-order valence-electron chi connectivity index (χ0n) is 13.5. The summed E-state index contributed by atoms with van der Waals surface area (Å²) < 4.78 is 44.5. The zero-order chi connectivity index (χ0) is 19.1. The van der Waals surface area contributed by atoms with Gasteiger partial charge in [0, 0.05) is 11.4 Å². The molecule has 26 heavy (non-hydrogen) atoms. The Kier molecular flexibility index (Phi) is 4.44. The van der Waals surface area contributed by atoms with E-state index in [0.717, 1.165) is 12.1 Å². The Morgan fingerprint density at radius 3 is 2.62 bits per heavy atom. The van der Waals surface area contributed by atoms with E-state index in [1.54, 1.807) is 0 Å². The summed E-state index contributed by atoms with van der Waals surface area (Å²) in [5.41, 5.74) is -2.28. The number of ether oxygens (including phenoxy) is 1. The molecule has 4 nitrogen and oxygen atoms in total. The zero-order valence-corrected chi connectivity index (χ0v) is 14.2. The quantitative estimate of drug-likeness (QED) is 0.778. The minimum Gasteiger partial charge on any atom is -0.445 e. The highest BCUT2D eigenvalue weighted by Gasteiger charge is 2.43. The number of amides is 1. The topological polar surface area (TPSA) is 55.4 Å². The van der Waals surface area contributed by atoms with E-state index in [1.807, 2.05) is 0 Å². The van der Waals surface area contributed by atoms with E-state index in [2.05, 4.69) is 5.32 Å². The molecule has 1 unspecified atom stereocenters. The third-order valence-corrected chi connectivity index (χ3v) is 4.33. The van der Waals surface area contributed by atoms with E-state index in [-0.39, 0.29) is 12.0 Å². The highest BCUT2D eigenvalue weighted by molar-refractivity contribution is 6.30. The normalized spacial score (nSPS) is 19.5. The lowest BCUT2D eigenvalue weighted by atomic mass is 9.89. The van der Waals surface area contributed by atoms with Crippen LogP contribution in [0.1, 0.15) is 28.4 Å². The lowest BCUT2D eigenvalue weighted by molar-refractivity contribution is -0.137. The molecule has 0 saturated carbocycles. The Labute approximate surface area is 151 Å². The number of rotatable bonds is 2. The molecular weight excluding hydrogens is 371 g/mol. The molecule has 0 aromatic heterocycles. The molecule has 0 bridgehead atoms. The fourth-order valence-corrected chi connectivity index (χ4v) is 2.98. The van der Waals surface area contributed by atoms with Crippen molar-refractivity contribution in [2.45, 2.75) is 25.1 Å². The van der Waals surface area contributed by atoms with Crippen LogP contribution in [-0.2, 0) is 22.1 Å². The van der Waals surface area contributed by atoms with Gasteiger partial charge in [-0.1, -0.05) is 23.7 Å². The second-order valence-corrected chi connectivity index (χ2v) is 6.53. The van der Waals surface area contributed by atoms with Crippen LogP contribution in [0.15, 0.2) is 42.5 Å². The van der Waals surface area contributed by atoms with Gasteiger partial charge in [0.05, 0.1) is 16.8 Å². The van der Waals surface area contributed by atoms with Crippen molar-refractivity contribution in [3.63, 3.8) is 0 Å².